The zero-order chi connectivity index (χ0) is 20.3. The molecule has 1 atom stereocenters. The number of hydrogen-bond donors (Lipinski definition) is 1. The molecule has 0 bridgehead atoms. The lowest BCUT2D eigenvalue weighted by molar-refractivity contribution is 0.0600. The Hall–Kier alpha value is -3.43. The number of esters is 1. The van der Waals surface area contributed by atoms with Crippen LogP contribution in [0.1, 0.15) is 34.1 Å². The van der Waals surface area contributed by atoms with E-state index in [1.807, 2.05) is 6.92 Å². The van der Waals surface area contributed by atoms with Crippen LogP contribution in [0.2, 0.25) is 0 Å². The standard InChI is InChI=1S/C18H21N5O5/c1-12-5-8-21(18(26)27)9-10-22(12)16(24)14-11-13(17(25)28-2)3-4-15(14)23-19-6-7-20-23/h3-4,6-7,11-12H,5,8-10H2,1-2H3,(H,26,27)/t12-/m1/s1. The minimum Gasteiger partial charge on any atom is -0.465 e. The quantitative estimate of drug-likeness (QED) is 0.788. The molecule has 148 valence electrons. The van der Waals surface area contributed by atoms with Gasteiger partial charge in [-0.15, -0.1) is 0 Å². The average molecular weight is 387 g/mol. The van der Waals surface area contributed by atoms with Crippen LogP contribution in [0.15, 0.2) is 30.6 Å². The first-order valence-corrected chi connectivity index (χ1v) is 8.80. The molecule has 1 saturated heterocycles. The van der Waals surface area contributed by atoms with Crippen LogP contribution in [0.3, 0.4) is 0 Å². The summed E-state index contributed by atoms with van der Waals surface area (Å²) >= 11 is 0. The van der Waals surface area contributed by atoms with E-state index in [9.17, 15) is 19.5 Å². The molecule has 1 aromatic carbocycles. The minimum atomic E-state index is -1.00. The van der Waals surface area contributed by atoms with Gasteiger partial charge >= 0.3 is 12.1 Å². The normalized spacial score (nSPS) is 17.1. The maximum absolute atomic E-state index is 13.4. The predicted molar refractivity (Wildman–Crippen MR) is 97.4 cm³/mol. The van der Waals surface area contributed by atoms with Crippen LogP contribution in [0.4, 0.5) is 4.79 Å². The van der Waals surface area contributed by atoms with Crippen molar-refractivity contribution in [2.24, 2.45) is 0 Å². The number of amides is 2. The van der Waals surface area contributed by atoms with Gasteiger partial charge in [0.2, 0.25) is 0 Å². The first-order chi connectivity index (χ1) is 13.4. The molecule has 28 heavy (non-hydrogen) atoms. The molecule has 10 nitrogen and oxygen atoms in total. The summed E-state index contributed by atoms with van der Waals surface area (Å²) in [4.78, 5) is 40.8. The van der Waals surface area contributed by atoms with Crippen molar-refractivity contribution in [1.29, 1.82) is 0 Å². The van der Waals surface area contributed by atoms with Crippen molar-refractivity contribution in [2.45, 2.75) is 19.4 Å². The second-order valence-electron chi connectivity index (χ2n) is 6.45. The molecule has 1 aliphatic heterocycles. The van der Waals surface area contributed by atoms with Crippen molar-refractivity contribution in [3.05, 3.63) is 41.7 Å². The molecular formula is C18H21N5O5. The van der Waals surface area contributed by atoms with Gasteiger partial charge in [-0.2, -0.15) is 15.0 Å². The Labute approximate surface area is 161 Å². The SMILES string of the molecule is COC(=O)c1ccc(-n2nccn2)c(C(=O)N2CCN(C(=O)O)CC[C@H]2C)c1. The van der Waals surface area contributed by atoms with E-state index >= 15 is 0 Å². The molecule has 3 rings (SSSR count). The third-order valence-corrected chi connectivity index (χ3v) is 4.77. The lowest BCUT2D eigenvalue weighted by Crippen LogP contribution is -2.40. The monoisotopic (exact) mass is 387 g/mol. The fourth-order valence-electron chi connectivity index (χ4n) is 3.17. The van der Waals surface area contributed by atoms with Crippen molar-refractivity contribution in [3.63, 3.8) is 0 Å². The Morgan fingerprint density at radius 3 is 2.50 bits per heavy atom. The van der Waals surface area contributed by atoms with Crippen molar-refractivity contribution in [2.75, 3.05) is 26.7 Å². The van der Waals surface area contributed by atoms with Gasteiger partial charge in [-0.25, -0.2) is 9.59 Å². The van der Waals surface area contributed by atoms with Crippen LogP contribution in [-0.2, 0) is 4.74 Å². The van der Waals surface area contributed by atoms with Crippen molar-refractivity contribution >= 4 is 18.0 Å². The number of aromatic nitrogens is 3. The highest BCUT2D eigenvalue weighted by Crippen LogP contribution is 2.21. The summed E-state index contributed by atoms with van der Waals surface area (Å²) in [6.45, 7) is 2.70. The van der Waals surface area contributed by atoms with Gasteiger partial charge in [-0.1, -0.05) is 0 Å². The number of hydrogen-bond acceptors (Lipinski definition) is 6. The van der Waals surface area contributed by atoms with Crippen LogP contribution >= 0.6 is 0 Å². The van der Waals surface area contributed by atoms with E-state index in [1.165, 1.54) is 35.3 Å². The van der Waals surface area contributed by atoms with E-state index < -0.39 is 12.1 Å². The number of benzene rings is 1. The maximum atomic E-state index is 13.4. The van der Waals surface area contributed by atoms with Crippen molar-refractivity contribution in [1.82, 2.24) is 24.8 Å². The Bertz CT molecular complexity index is 882. The first-order valence-electron chi connectivity index (χ1n) is 8.80. The Morgan fingerprint density at radius 2 is 1.86 bits per heavy atom. The largest absolute Gasteiger partial charge is 0.465 e. The number of methoxy groups -OCH3 is 1. The van der Waals surface area contributed by atoms with Gasteiger partial charge < -0.3 is 19.6 Å². The number of carbonyl (C=O) groups excluding carboxylic acids is 2. The van der Waals surface area contributed by atoms with Gasteiger partial charge in [0.15, 0.2) is 0 Å². The molecule has 0 radical (unpaired) electrons. The van der Waals surface area contributed by atoms with E-state index in [0.29, 0.717) is 18.7 Å². The molecular weight excluding hydrogens is 366 g/mol. The number of nitrogens with zero attached hydrogens (tertiary/aromatic N) is 5. The van der Waals surface area contributed by atoms with Gasteiger partial charge in [-0.05, 0) is 31.5 Å². The van der Waals surface area contributed by atoms with Crippen molar-refractivity contribution < 1.29 is 24.2 Å². The number of rotatable bonds is 3. The van der Waals surface area contributed by atoms with Gasteiger partial charge in [-0.3, -0.25) is 4.79 Å². The second kappa shape index (κ2) is 8.07. The van der Waals surface area contributed by atoms with Crippen molar-refractivity contribution in [3.8, 4) is 5.69 Å². The van der Waals surface area contributed by atoms with E-state index in [2.05, 4.69) is 10.2 Å². The Morgan fingerprint density at radius 1 is 1.14 bits per heavy atom. The predicted octanol–water partition coefficient (Wildman–Crippen LogP) is 1.27. The zero-order valence-corrected chi connectivity index (χ0v) is 15.6. The summed E-state index contributed by atoms with van der Waals surface area (Å²) < 4.78 is 4.75. The molecule has 0 unspecified atom stereocenters. The molecule has 1 aliphatic rings. The second-order valence-corrected chi connectivity index (χ2v) is 6.45. The molecule has 1 fully saturated rings. The fraction of sp³-hybridized carbons (Fsp3) is 0.389. The smallest absolute Gasteiger partial charge is 0.407 e. The number of carboxylic acid groups (broad SMARTS) is 1. The number of ether oxygens (including phenoxy) is 1. The van der Waals surface area contributed by atoms with E-state index in [4.69, 9.17) is 4.74 Å². The maximum Gasteiger partial charge on any atom is 0.407 e. The summed E-state index contributed by atoms with van der Waals surface area (Å²) in [5.74, 6) is -0.882. The van der Waals surface area contributed by atoms with Crippen LogP contribution in [0, 0.1) is 0 Å². The van der Waals surface area contributed by atoms with Crippen LogP contribution in [0.5, 0.6) is 0 Å². The lowest BCUT2D eigenvalue weighted by Gasteiger charge is -2.27. The van der Waals surface area contributed by atoms with Crippen LogP contribution < -0.4 is 0 Å². The molecule has 0 spiro atoms. The third-order valence-electron chi connectivity index (χ3n) is 4.77. The molecule has 1 N–H and O–H groups in total. The molecule has 2 aromatic rings. The van der Waals surface area contributed by atoms with Gasteiger partial charge in [0, 0.05) is 25.7 Å². The topological polar surface area (TPSA) is 118 Å². The number of carbonyl (C=O) groups is 3. The molecule has 0 aliphatic carbocycles. The van der Waals surface area contributed by atoms with Gasteiger partial charge in [0.25, 0.3) is 5.91 Å². The van der Waals surface area contributed by atoms with Crippen LogP contribution in [0.25, 0.3) is 5.69 Å². The molecule has 2 amide bonds. The van der Waals surface area contributed by atoms with E-state index in [0.717, 1.165) is 0 Å². The lowest BCUT2D eigenvalue weighted by atomic mass is 10.1. The zero-order valence-electron chi connectivity index (χ0n) is 15.6. The fourth-order valence-corrected chi connectivity index (χ4v) is 3.17. The molecule has 10 heteroatoms. The highest BCUT2D eigenvalue weighted by molar-refractivity contribution is 6.01. The Balaban J connectivity index is 1.99. The van der Waals surface area contributed by atoms with E-state index in [-0.39, 0.29) is 36.2 Å². The highest BCUT2D eigenvalue weighted by atomic mass is 16.5. The Kier molecular flexibility index (Phi) is 5.57. The first kappa shape index (κ1) is 19.3. The summed E-state index contributed by atoms with van der Waals surface area (Å²) in [5.41, 5.74) is 0.903. The molecule has 1 aromatic heterocycles. The minimum absolute atomic E-state index is 0.169. The van der Waals surface area contributed by atoms with Crippen LogP contribution in [-0.4, -0.2) is 80.7 Å². The van der Waals surface area contributed by atoms with Gasteiger partial charge in [0.05, 0.1) is 36.3 Å². The molecule has 0 saturated carbocycles. The third kappa shape index (κ3) is 3.80. The van der Waals surface area contributed by atoms with Gasteiger partial charge in [0.1, 0.15) is 0 Å². The summed E-state index contributed by atoms with van der Waals surface area (Å²) in [7, 11) is 1.27. The average Bonchev–Trinajstić information content (AvgIpc) is 3.15. The van der Waals surface area contributed by atoms with E-state index in [1.54, 1.807) is 17.0 Å². The summed E-state index contributed by atoms with van der Waals surface area (Å²) in [5, 5.41) is 17.4. The summed E-state index contributed by atoms with van der Waals surface area (Å²) in [6.07, 6.45) is 2.49. The summed E-state index contributed by atoms with van der Waals surface area (Å²) in [6, 6.07) is 4.42. The highest BCUT2D eigenvalue weighted by Gasteiger charge is 2.29. The molecule has 2 heterocycles.